The number of aryl methyl sites for hydroxylation is 1. The fraction of sp³-hybridized carbons (Fsp3) is 0.739. The number of hydrogen-bond acceptors (Lipinski definition) is 4. The predicted molar refractivity (Wildman–Crippen MR) is 114 cm³/mol. The lowest BCUT2D eigenvalue weighted by Crippen LogP contribution is -2.43. The molecule has 4 nitrogen and oxygen atoms in total. The van der Waals surface area contributed by atoms with E-state index in [1.807, 2.05) is 25.1 Å². The zero-order valence-corrected chi connectivity index (χ0v) is 18.1. The third kappa shape index (κ3) is 8.98. The van der Waals surface area contributed by atoms with Crippen LogP contribution in [0, 0.1) is 11.8 Å². The first-order chi connectivity index (χ1) is 12.8. The molecule has 3 N–H and O–H groups in total. The summed E-state index contributed by atoms with van der Waals surface area (Å²) in [4.78, 5) is 0. The molecule has 0 fully saturated rings. The number of ether oxygens (including phenoxy) is 2. The molecule has 0 aromatic heterocycles. The molecule has 156 valence electrons. The highest BCUT2D eigenvalue weighted by Gasteiger charge is 2.22. The van der Waals surface area contributed by atoms with Gasteiger partial charge in [0.05, 0.1) is 20.3 Å². The Kier molecular flexibility index (Phi) is 10.8. The molecule has 1 rings (SSSR count). The van der Waals surface area contributed by atoms with E-state index in [4.69, 9.17) is 15.2 Å². The molecular formula is C23H41NO3. The Bertz CT molecular complexity index is 526. The minimum atomic E-state index is -0.522. The van der Waals surface area contributed by atoms with Gasteiger partial charge in [0, 0.05) is 11.6 Å². The van der Waals surface area contributed by atoms with E-state index in [1.54, 1.807) is 7.11 Å². The van der Waals surface area contributed by atoms with Gasteiger partial charge in [-0.1, -0.05) is 53.0 Å². The number of methoxy groups -OCH3 is 1. The molecular weight excluding hydrogens is 338 g/mol. The SMILES string of the molecule is CC[C@@](N)(CO)CCc1ccc(OCCC(C)CCCC(C)C)cc1OC. The van der Waals surface area contributed by atoms with Gasteiger partial charge in [0.25, 0.3) is 0 Å². The largest absolute Gasteiger partial charge is 0.496 e. The summed E-state index contributed by atoms with van der Waals surface area (Å²) in [5.41, 5.74) is 6.77. The van der Waals surface area contributed by atoms with Gasteiger partial charge in [-0.2, -0.15) is 0 Å². The lowest BCUT2D eigenvalue weighted by atomic mass is 9.90. The van der Waals surface area contributed by atoms with E-state index in [9.17, 15) is 5.11 Å². The minimum absolute atomic E-state index is 0.00234. The van der Waals surface area contributed by atoms with E-state index >= 15 is 0 Å². The Morgan fingerprint density at radius 3 is 2.48 bits per heavy atom. The van der Waals surface area contributed by atoms with Gasteiger partial charge in [0.2, 0.25) is 0 Å². The van der Waals surface area contributed by atoms with Gasteiger partial charge in [-0.05, 0) is 49.1 Å². The highest BCUT2D eigenvalue weighted by molar-refractivity contribution is 5.41. The van der Waals surface area contributed by atoms with Gasteiger partial charge < -0.3 is 20.3 Å². The van der Waals surface area contributed by atoms with Crippen LogP contribution in [0.15, 0.2) is 18.2 Å². The quantitative estimate of drug-likeness (QED) is 0.479. The maximum absolute atomic E-state index is 9.48. The molecule has 1 aromatic rings. The van der Waals surface area contributed by atoms with Crippen molar-refractivity contribution < 1.29 is 14.6 Å². The molecule has 0 heterocycles. The number of benzene rings is 1. The molecule has 0 spiro atoms. The number of hydrogen-bond donors (Lipinski definition) is 2. The monoisotopic (exact) mass is 379 g/mol. The third-order valence-corrected chi connectivity index (χ3v) is 5.53. The van der Waals surface area contributed by atoms with Crippen LogP contribution in [0.25, 0.3) is 0 Å². The van der Waals surface area contributed by atoms with Gasteiger partial charge in [0.1, 0.15) is 11.5 Å². The first-order valence-electron chi connectivity index (χ1n) is 10.5. The maximum Gasteiger partial charge on any atom is 0.125 e. The molecule has 0 amide bonds. The van der Waals surface area contributed by atoms with Crippen molar-refractivity contribution in [1.82, 2.24) is 0 Å². The number of rotatable bonds is 14. The standard InChI is InChI=1S/C23H41NO3/c1-6-23(24,17-25)14-12-20-10-11-21(16-22(20)26-5)27-15-13-19(4)9-7-8-18(2)3/h10-11,16,18-19,25H,6-9,12-15,17,24H2,1-5H3/t19?,23-/m0/s1. The molecule has 1 aromatic carbocycles. The highest BCUT2D eigenvalue weighted by Crippen LogP contribution is 2.28. The fourth-order valence-corrected chi connectivity index (χ4v) is 3.17. The fourth-order valence-electron chi connectivity index (χ4n) is 3.17. The van der Waals surface area contributed by atoms with E-state index in [0.717, 1.165) is 55.3 Å². The molecule has 27 heavy (non-hydrogen) atoms. The Morgan fingerprint density at radius 2 is 1.89 bits per heavy atom. The molecule has 2 atom stereocenters. The summed E-state index contributed by atoms with van der Waals surface area (Å²) in [5, 5.41) is 9.48. The van der Waals surface area contributed by atoms with Gasteiger partial charge in [-0.3, -0.25) is 0 Å². The Balaban J connectivity index is 2.49. The Hall–Kier alpha value is -1.26. The van der Waals surface area contributed by atoms with Crippen LogP contribution < -0.4 is 15.2 Å². The van der Waals surface area contributed by atoms with Crippen molar-refractivity contribution in [1.29, 1.82) is 0 Å². The average molecular weight is 380 g/mol. The summed E-state index contributed by atoms with van der Waals surface area (Å²) in [6.07, 6.45) is 7.21. The topological polar surface area (TPSA) is 64.7 Å². The summed E-state index contributed by atoms with van der Waals surface area (Å²) >= 11 is 0. The van der Waals surface area contributed by atoms with Crippen LogP contribution in [-0.4, -0.2) is 31.0 Å². The Morgan fingerprint density at radius 1 is 1.15 bits per heavy atom. The van der Waals surface area contributed by atoms with Crippen molar-refractivity contribution in [2.24, 2.45) is 17.6 Å². The van der Waals surface area contributed by atoms with Crippen molar-refractivity contribution in [3.63, 3.8) is 0 Å². The van der Waals surface area contributed by atoms with Crippen LogP contribution in [0.1, 0.15) is 71.8 Å². The van der Waals surface area contributed by atoms with Crippen molar-refractivity contribution in [2.45, 2.75) is 78.2 Å². The van der Waals surface area contributed by atoms with Crippen LogP contribution in [0.3, 0.4) is 0 Å². The van der Waals surface area contributed by atoms with E-state index in [2.05, 4.69) is 20.8 Å². The van der Waals surface area contributed by atoms with Crippen LogP contribution in [0.2, 0.25) is 0 Å². The van der Waals surface area contributed by atoms with Crippen molar-refractivity contribution in [3.05, 3.63) is 23.8 Å². The van der Waals surface area contributed by atoms with Crippen LogP contribution >= 0.6 is 0 Å². The molecule has 4 heteroatoms. The van der Waals surface area contributed by atoms with Crippen LogP contribution in [0.4, 0.5) is 0 Å². The second-order valence-electron chi connectivity index (χ2n) is 8.41. The molecule has 1 unspecified atom stereocenters. The van der Waals surface area contributed by atoms with Crippen LogP contribution in [0.5, 0.6) is 11.5 Å². The first-order valence-corrected chi connectivity index (χ1v) is 10.5. The smallest absolute Gasteiger partial charge is 0.125 e. The summed E-state index contributed by atoms with van der Waals surface area (Å²) in [6.45, 7) is 9.62. The minimum Gasteiger partial charge on any atom is -0.496 e. The summed E-state index contributed by atoms with van der Waals surface area (Å²) in [5.74, 6) is 3.16. The normalized spacial score (nSPS) is 14.8. The maximum atomic E-state index is 9.48. The number of aliphatic hydroxyl groups is 1. The molecule has 0 saturated carbocycles. The summed E-state index contributed by atoms with van der Waals surface area (Å²) < 4.78 is 11.5. The van der Waals surface area contributed by atoms with Crippen LogP contribution in [-0.2, 0) is 6.42 Å². The van der Waals surface area contributed by atoms with E-state index in [0.29, 0.717) is 5.92 Å². The number of nitrogens with two attached hydrogens (primary N) is 1. The molecule has 0 radical (unpaired) electrons. The van der Waals surface area contributed by atoms with Gasteiger partial charge >= 0.3 is 0 Å². The van der Waals surface area contributed by atoms with Crippen molar-refractivity contribution in [3.8, 4) is 11.5 Å². The predicted octanol–water partition coefficient (Wildman–Crippen LogP) is 4.96. The molecule has 0 aliphatic heterocycles. The molecule has 0 saturated heterocycles. The van der Waals surface area contributed by atoms with E-state index < -0.39 is 5.54 Å². The van der Waals surface area contributed by atoms with E-state index in [1.165, 1.54) is 19.3 Å². The lowest BCUT2D eigenvalue weighted by molar-refractivity contribution is 0.182. The van der Waals surface area contributed by atoms with Crippen molar-refractivity contribution >= 4 is 0 Å². The zero-order valence-electron chi connectivity index (χ0n) is 18.1. The summed E-state index contributed by atoms with van der Waals surface area (Å²) in [6, 6.07) is 6.01. The number of aliphatic hydroxyl groups excluding tert-OH is 1. The lowest BCUT2D eigenvalue weighted by Gasteiger charge is -2.25. The van der Waals surface area contributed by atoms with Crippen molar-refractivity contribution in [2.75, 3.05) is 20.3 Å². The second kappa shape index (κ2) is 12.2. The molecule has 0 aliphatic rings. The first kappa shape index (κ1) is 23.8. The third-order valence-electron chi connectivity index (χ3n) is 5.53. The average Bonchev–Trinajstić information content (AvgIpc) is 2.66. The molecule has 0 bridgehead atoms. The van der Waals surface area contributed by atoms with Gasteiger partial charge in [-0.15, -0.1) is 0 Å². The van der Waals surface area contributed by atoms with E-state index in [-0.39, 0.29) is 6.61 Å². The second-order valence-corrected chi connectivity index (χ2v) is 8.41. The van der Waals surface area contributed by atoms with Gasteiger partial charge in [0.15, 0.2) is 0 Å². The summed E-state index contributed by atoms with van der Waals surface area (Å²) in [7, 11) is 1.68. The Labute approximate surface area is 166 Å². The molecule has 0 aliphatic carbocycles. The van der Waals surface area contributed by atoms with Gasteiger partial charge in [-0.25, -0.2) is 0 Å². The zero-order chi connectivity index (χ0) is 20.3. The highest BCUT2D eigenvalue weighted by atomic mass is 16.5.